The van der Waals surface area contributed by atoms with Crippen molar-refractivity contribution in [1.29, 1.82) is 0 Å². The molecule has 0 atom stereocenters. The minimum atomic E-state index is -0.349. The zero-order valence-electron chi connectivity index (χ0n) is 12.5. The van der Waals surface area contributed by atoms with Crippen LogP contribution in [0.25, 0.3) is 10.2 Å². The Balaban J connectivity index is 1.51. The fraction of sp³-hybridized carbons (Fsp3) is 0.176. The zero-order chi connectivity index (χ0) is 16.2. The molecule has 0 saturated heterocycles. The Bertz CT molecular complexity index is 814. The molecular formula is C17H15FN2O2S. The van der Waals surface area contributed by atoms with Gasteiger partial charge in [-0.3, -0.25) is 4.79 Å². The third-order valence-electron chi connectivity index (χ3n) is 3.25. The van der Waals surface area contributed by atoms with Crippen LogP contribution in [0.1, 0.15) is 10.6 Å². The van der Waals surface area contributed by atoms with Gasteiger partial charge in [0.2, 0.25) is 5.91 Å². The molecule has 0 unspecified atom stereocenters. The normalized spacial score (nSPS) is 10.9. The summed E-state index contributed by atoms with van der Waals surface area (Å²) in [7, 11) is 0. The quantitative estimate of drug-likeness (QED) is 0.772. The first-order valence-corrected chi connectivity index (χ1v) is 7.91. The number of ether oxygens (including phenoxy) is 1. The van der Waals surface area contributed by atoms with E-state index in [0.717, 1.165) is 15.2 Å². The number of amides is 1. The third-order valence-corrected chi connectivity index (χ3v) is 4.26. The maximum absolute atomic E-state index is 13.4. The highest BCUT2D eigenvalue weighted by Crippen LogP contribution is 2.22. The van der Waals surface area contributed by atoms with Gasteiger partial charge < -0.3 is 10.1 Å². The predicted octanol–water partition coefficient (Wildman–Crippen LogP) is 3.90. The second-order valence-electron chi connectivity index (χ2n) is 5.08. The van der Waals surface area contributed by atoms with Gasteiger partial charge in [-0.05, 0) is 36.8 Å². The largest absolute Gasteiger partial charge is 0.364 e. The van der Waals surface area contributed by atoms with Crippen LogP contribution in [0.15, 0.2) is 42.5 Å². The first kappa shape index (κ1) is 15.6. The number of carbonyl (C=O) groups excluding carboxylic acids is 1. The lowest BCUT2D eigenvalue weighted by Crippen LogP contribution is -2.18. The standard InChI is InChI=1S/C17H15FN2O2S/c1-11-6-7-12(8-13(11)18)19-16(21)9-22-10-17-20-14-4-2-3-5-15(14)23-17/h2-8H,9-10H2,1H3,(H,19,21). The average Bonchev–Trinajstić information content (AvgIpc) is 2.93. The van der Waals surface area contributed by atoms with E-state index in [4.69, 9.17) is 4.74 Å². The fourth-order valence-corrected chi connectivity index (χ4v) is 2.99. The van der Waals surface area contributed by atoms with Crippen LogP contribution >= 0.6 is 11.3 Å². The number of aromatic nitrogens is 1. The summed E-state index contributed by atoms with van der Waals surface area (Å²) in [6.07, 6.45) is 0. The Hall–Kier alpha value is -2.31. The molecule has 118 valence electrons. The molecule has 3 aromatic rings. The number of fused-ring (bicyclic) bond motifs is 1. The van der Waals surface area contributed by atoms with E-state index in [2.05, 4.69) is 10.3 Å². The van der Waals surface area contributed by atoms with E-state index in [9.17, 15) is 9.18 Å². The number of rotatable bonds is 5. The molecule has 0 fully saturated rings. The molecule has 1 amide bonds. The van der Waals surface area contributed by atoms with Crippen LogP contribution in [0.4, 0.5) is 10.1 Å². The maximum atomic E-state index is 13.4. The molecule has 0 aliphatic carbocycles. The molecule has 23 heavy (non-hydrogen) atoms. The van der Waals surface area contributed by atoms with Gasteiger partial charge in [0, 0.05) is 5.69 Å². The van der Waals surface area contributed by atoms with E-state index < -0.39 is 0 Å². The topological polar surface area (TPSA) is 51.2 Å². The monoisotopic (exact) mass is 330 g/mol. The van der Waals surface area contributed by atoms with Crippen molar-refractivity contribution in [2.75, 3.05) is 11.9 Å². The van der Waals surface area contributed by atoms with Crippen LogP contribution in [0, 0.1) is 12.7 Å². The van der Waals surface area contributed by atoms with Crippen LogP contribution in [0.5, 0.6) is 0 Å². The molecule has 1 heterocycles. The van der Waals surface area contributed by atoms with Crippen LogP contribution in [0.3, 0.4) is 0 Å². The number of anilines is 1. The van der Waals surface area contributed by atoms with Gasteiger partial charge in [0.15, 0.2) is 0 Å². The summed E-state index contributed by atoms with van der Waals surface area (Å²) in [6, 6.07) is 12.4. The molecule has 1 N–H and O–H groups in total. The first-order chi connectivity index (χ1) is 11.1. The number of hydrogen-bond donors (Lipinski definition) is 1. The minimum absolute atomic E-state index is 0.106. The second kappa shape index (κ2) is 6.85. The molecule has 0 saturated carbocycles. The summed E-state index contributed by atoms with van der Waals surface area (Å²) in [5.41, 5.74) is 1.88. The molecule has 0 aliphatic rings. The summed E-state index contributed by atoms with van der Waals surface area (Å²) in [5.74, 6) is -0.674. The predicted molar refractivity (Wildman–Crippen MR) is 89.0 cm³/mol. The number of aryl methyl sites for hydroxylation is 1. The second-order valence-corrected chi connectivity index (χ2v) is 6.20. The lowest BCUT2D eigenvalue weighted by Gasteiger charge is -2.06. The molecule has 0 radical (unpaired) electrons. The number of halogens is 1. The zero-order valence-corrected chi connectivity index (χ0v) is 13.3. The Labute approximate surface area is 136 Å². The summed E-state index contributed by atoms with van der Waals surface area (Å²) < 4.78 is 19.9. The fourth-order valence-electron chi connectivity index (χ4n) is 2.08. The molecule has 0 aliphatic heterocycles. The van der Waals surface area contributed by atoms with Crippen molar-refractivity contribution in [3.05, 3.63) is 58.9 Å². The van der Waals surface area contributed by atoms with E-state index in [1.807, 2.05) is 24.3 Å². The van der Waals surface area contributed by atoms with Crippen molar-refractivity contribution >= 4 is 33.1 Å². The van der Waals surface area contributed by atoms with Crippen molar-refractivity contribution < 1.29 is 13.9 Å². The van der Waals surface area contributed by atoms with Gasteiger partial charge >= 0.3 is 0 Å². The van der Waals surface area contributed by atoms with Gasteiger partial charge in [-0.1, -0.05) is 18.2 Å². The van der Waals surface area contributed by atoms with E-state index in [1.54, 1.807) is 19.1 Å². The van der Waals surface area contributed by atoms with Crippen molar-refractivity contribution in [3.8, 4) is 0 Å². The van der Waals surface area contributed by atoms with Crippen LogP contribution in [-0.2, 0) is 16.1 Å². The van der Waals surface area contributed by atoms with E-state index in [0.29, 0.717) is 11.3 Å². The Kier molecular flexibility index (Phi) is 4.64. The van der Waals surface area contributed by atoms with E-state index >= 15 is 0 Å². The molecule has 6 heteroatoms. The molecular weight excluding hydrogens is 315 g/mol. The summed E-state index contributed by atoms with van der Waals surface area (Å²) in [4.78, 5) is 16.2. The van der Waals surface area contributed by atoms with Gasteiger partial charge in [-0.25, -0.2) is 9.37 Å². The highest BCUT2D eigenvalue weighted by Gasteiger charge is 2.07. The highest BCUT2D eigenvalue weighted by atomic mass is 32.1. The van der Waals surface area contributed by atoms with Gasteiger partial charge in [0.05, 0.1) is 16.8 Å². The lowest BCUT2D eigenvalue weighted by molar-refractivity contribution is -0.121. The highest BCUT2D eigenvalue weighted by molar-refractivity contribution is 7.18. The average molecular weight is 330 g/mol. The number of para-hydroxylation sites is 1. The number of benzene rings is 2. The number of thiazole rings is 1. The minimum Gasteiger partial charge on any atom is -0.364 e. The van der Waals surface area contributed by atoms with Crippen LogP contribution in [-0.4, -0.2) is 17.5 Å². The smallest absolute Gasteiger partial charge is 0.250 e. The summed E-state index contributed by atoms with van der Waals surface area (Å²) in [5, 5.41) is 3.42. The van der Waals surface area contributed by atoms with Gasteiger partial charge in [0.1, 0.15) is 17.4 Å². The van der Waals surface area contributed by atoms with Gasteiger partial charge in [-0.2, -0.15) is 0 Å². The van der Waals surface area contributed by atoms with Crippen molar-refractivity contribution in [2.45, 2.75) is 13.5 Å². The SMILES string of the molecule is Cc1ccc(NC(=O)COCc2nc3ccccc3s2)cc1F. The van der Waals surface area contributed by atoms with E-state index in [1.165, 1.54) is 17.4 Å². The first-order valence-electron chi connectivity index (χ1n) is 7.10. The Morgan fingerprint density at radius 3 is 2.91 bits per heavy atom. The molecule has 0 spiro atoms. The molecule has 2 aromatic carbocycles. The Morgan fingerprint density at radius 2 is 2.13 bits per heavy atom. The number of hydrogen-bond acceptors (Lipinski definition) is 4. The van der Waals surface area contributed by atoms with Crippen molar-refractivity contribution in [2.24, 2.45) is 0 Å². The van der Waals surface area contributed by atoms with Crippen molar-refractivity contribution in [3.63, 3.8) is 0 Å². The molecule has 3 rings (SSSR count). The molecule has 0 bridgehead atoms. The summed E-state index contributed by atoms with van der Waals surface area (Å²) in [6.45, 7) is 1.84. The lowest BCUT2D eigenvalue weighted by atomic mass is 10.2. The Morgan fingerprint density at radius 1 is 1.30 bits per heavy atom. The number of nitrogens with zero attached hydrogens (tertiary/aromatic N) is 1. The van der Waals surface area contributed by atoms with Crippen LogP contribution in [0.2, 0.25) is 0 Å². The molecule has 4 nitrogen and oxygen atoms in total. The number of nitrogens with one attached hydrogen (secondary N) is 1. The van der Waals surface area contributed by atoms with Crippen LogP contribution < -0.4 is 5.32 Å². The number of carbonyl (C=O) groups is 1. The maximum Gasteiger partial charge on any atom is 0.250 e. The van der Waals surface area contributed by atoms with Crippen molar-refractivity contribution in [1.82, 2.24) is 4.98 Å². The molecule has 1 aromatic heterocycles. The van der Waals surface area contributed by atoms with E-state index in [-0.39, 0.29) is 24.9 Å². The summed E-state index contributed by atoms with van der Waals surface area (Å²) >= 11 is 1.54. The van der Waals surface area contributed by atoms with Gasteiger partial charge in [-0.15, -0.1) is 11.3 Å². The third kappa shape index (κ3) is 3.91. The van der Waals surface area contributed by atoms with Gasteiger partial charge in [0.25, 0.3) is 0 Å².